The van der Waals surface area contributed by atoms with Crippen LogP contribution in [0.5, 0.6) is 0 Å². The number of hydrogen-bond donors (Lipinski definition) is 3. The summed E-state index contributed by atoms with van der Waals surface area (Å²) in [5.41, 5.74) is 0. The van der Waals surface area contributed by atoms with Crippen molar-refractivity contribution in [3.8, 4) is 0 Å². The molecule has 110 valence electrons. The van der Waals surface area contributed by atoms with Crippen LogP contribution in [0.1, 0.15) is 12.8 Å². The van der Waals surface area contributed by atoms with Crippen LogP contribution in [0.15, 0.2) is 18.3 Å². The second-order valence-electron chi connectivity index (χ2n) is 4.72. The van der Waals surface area contributed by atoms with Crippen LogP contribution in [0.2, 0.25) is 0 Å². The second kappa shape index (κ2) is 7.04. The molecule has 6 nitrogen and oxygen atoms in total. The molecule has 0 saturated carbocycles. The molecule has 1 saturated heterocycles. The van der Waals surface area contributed by atoms with E-state index in [0.717, 1.165) is 6.42 Å². The Labute approximate surface area is 117 Å². The lowest BCUT2D eigenvalue weighted by Gasteiger charge is -2.18. The van der Waals surface area contributed by atoms with Gasteiger partial charge in [0.15, 0.2) is 11.6 Å². The molecule has 0 aliphatic carbocycles. The third-order valence-corrected chi connectivity index (χ3v) is 3.18. The van der Waals surface area contributed by atoms with Gasteiger partial charge in [-0.05, 0) is 25.0 Å². The zero-order valence-corrected chi connectivity index (χ0v) is 11.2. The van der Waals surface area contributed by atoms with Gasteiger partial charge in [0, 0.05) is 38.5 Å². The summed E-state index contributed by atoms with van der Waals surface area (Å²) >= 11 is 0. The summed E-state index contributed by atoms with van der Waals surface area (Å²) < 4.78 is 13.6. The molecule has 0 bridgehead atoms. The largest absolute Gasteiger partial charge is 0.396 e. The lowest BCUT2D eigenvalue weighted by Crippen LogP contribution is -2.43. The van der Waals surface area contributed by atoms with Crippen molar-refractivity contribution in [2.75, 3.05) is 31.1 Å². The Balaban J connectivity index is 1.81. The lowest BCUT2D eigenvalue weighted by molar-refractivity contribution is 0.235. The number of aliphatic hydroxyl groups is 1. The zero-order valence-electron chi connectivity index (χ0n) is 11.2. The highest BCUT2D eigenvalue weighted by Gasteiger charge is 2.26. The van der Waals surface area contributed by atoms with Gasteiger partial charge < -0.3 is 20.6 Å². The fourth-order valence-electron chi connectivity index (χ4n) is 2.20. The molecule has 3 N–H and O–H groups in total. The topological polar surface area (TPSA) is 77.5 Å². The van der Waals surface area contributed by atoms with Crippen molar-refractivity contribution in [1.82, 2.24) is 15.6 Å². The molecule has 1 atom stereocenters. The fraction of sp³-hybridized carbons (Fsp3) is 0.538. The normalized spacial score (nSPS) is 18.1. The van der Waals surface area contributed by atoms with Gasteiger partial charge in [-0.25, -0.2) is 14.2 Å². The highest BCUT2D eigenvalue weighted by Crippen LogP contribution is 2.20. The Bertz CT molecular complexity index is 458. The predicted molar refractivity (Wildman–Crippen MR) is 73.1 cm³/mol. The van der Waals surface area contributed by atoms with Gasteiger partial charge in [0.1, 0.15) is 0 Å². The van der Waals surface area contributed by atoms with Gasteiger partial charge in [0.2, 0.25) is 0 Å². The van der Waals surface area contributed by atoms with Crippen molar-refractivity contribution < 1.29 is 14.3 Å². The van der Waals surface area contributed by atoms with E-state index < -0.39 is 0 Å². The number of carbonyl (C=O) groups excluding carboxylic acids is 1. The average molecular weight is 282 g/mol. The third-order valence-electron chi connectivity index (χ3n) is 3.18. The molecule has 2 amide bonds. The van der Waals surface area contributed by atoms with Crippen molar-refractivity contribution in [2.24, 2.45) is 0 Å². The molecule has 2 heterocycles. The average Bonchev–Trinajstić information content (AvgIpc) is 2.88. The molecule has 7 heteroatoms. The van der Waals surface area contributed by atoms with Crippen LogP contribution in [-0.2, 0) is 0 Å². The van der Waals surface area contributed by atoms with E-state index in [2.05, 4.69) is 15.6 Å². The van der Waals surface area contributed by atoms with E-state index in [0.29, 0.717) is 31.9 Å². The smallest absolute Gasteiger partial charge is 0.315 e. The maximum absolute atomic E-state index is 13.6. The number of hydrogen-bond acceptors (Lipinski definition) is 4. The van der Waals surface area contributed by atoms with Crippen molar-refractivity contribution in [3.63, 3.8) is 0 Å². The number of urea groups is 1. The number of rotatable bonds is 5. The molecule has 1 aromatic rings. The number of nitrogens with zero attached hydrogens (tertiary/aromatic N) is 2. The number of aromatic nitrogens is 1. The number of halogens is 1. The van der Waals surface area contributed by atoms with Crippen LogP contribution in [0.3, 0.4) is 0 Å². The van der Waals surface area contributed by atoms with Gasteiger partial charge in [-0.1, -0.05) is 0 Å². The van der Waals surface area contributed by atoms with Crippen LogP contribution >= 0.6 is 0 Å². The predicted octanol–water partition coefficient (Wildman–Crippen LogP) is 0.481. The van der Waals surface area contributed by atoms with Gasteiger partial charge in [-0.15, -0.1) is 0 Å². The van der Waals surface area contributed by atoms with Crippen molar-refractivity contribution in [3.05, 3.63) is 24.1 Å². The van der Waals surface area contributed by atoms with Crippen LogP contribution in [0.25, 0.3) is 0 Å². The summed E-state index contributed by atoms with van der Waals surface area (Å²) in [6.07, 6.45) is 2.84. The SMILES string of the molecule is O=C(NCCCO)NC1CCN(c2ncccc2F)C1. The van der Waals surface area contributed by atoms with Crippen LogP contribution in [-0.4, -0.2) is 48.4 Å². The molecule has 20 heavy (non-hydrogen) atoms. The molecule has 1 unspecified atom stereocenters. The van der Waals surface area contributed by atoms with E-state index in [1.165, 1.54) is 6.07 Å². The van der Waals surface area contributed by atoms with Gasteiger partial charge in [0.05, 0.1) is 0 Å². The van der Waals surface area contributed by atoms with Crippen molar-refractivity contribution in [1.29, 1.82) is 0 Å². The Morgan fingerprint density at radius 1 is 1.60 bits per heavy atom. The maximum atomic E-state index is 13.6. The Kier molecular flexibility index (Phi) is 5.11. The monoisotopic (exact) mass is 282 g/mol. The minimum atomic E-state index is -0.347. The van der Waals surface area contributed by atoms with E-state index in [-0.39, 0.29) is 24.5 Å². The third kappa shape index (κ3) is 3.80. The molecular weight excluding hydrogens is 263 g/mol. The highest BCUT2D eigenvalue weighted by molar-refractivity contribution is 5.74. The Morgan fingerprint density at radius 3 is 3.20 bits per heavy atom. The first-order chi connectivity index (χ1) is 9.70. The molecule has 0 spiro atoms. The zero-order chi connectivity index (χ0) is 14.4. The molecule has 1 aliphatic rings. The quantitative estimate of drug-likeness (QED) is 0.687. The van der Waals surface area contributed by atoms with Gasteiger partial charge >= 0.3 is 6.03 Å². The fourth-order valence-corrected chi connectivity index (χ4v) is 2.20. The number of pyridine rings is 1. The first kappa shape index (κ1) is 14.5. The van der Waals surface area contributed by atoms with Gasteiger partial charge in [-0.2, -0.15) is 0 Å². The molecule has 1 fully saturated rings. The van der Waals surface area contributed by atoms with Crippen molar-refractivity contribution in [2.45, 2.75) is 18.9 Å². The summed E-state index contributed by atoms with van der Waals surface area (Å²) in [5, 5.41) is 14.1. The number of nitrogens with one attached hydrogen (secondary N) is 2. The standard InChI is InChI=1S/C13H19FN4O2/c14-11-3-1-5-15-12(11)18-7-4-10(9-18)17-13(20)16-6-2-8-19/h1,3,5,10,19H,2,4,6-9H2,(H2,16,17,20). The summed E-state index contributed by atoms with van der Waals surface area (Å²) in [7, 11) is 0. The minimum absolute atomic E-state index is 0.0227. The molecule has 0 aromatic carbocycles. The maximum Gasteiger partial charge on any atom is 0.315 e. The molecule has 1 aliphatic heterocycles. The summed E-state index contributed by atoms with van der Waals surface area (Å²) in [5.74, 6) is -0.0157. The van der Waals surface area contributed by atoms with E-state index in [1.54, 1.807) is 12.3 Å². The van der Waals surface area contributed by atoms with Crippen LogP contribution in [0, 0.1) is 5.82 Å². The summed E-state index contributed by atoms with van der Waals surface area (Å²) in [6.45, 7) is 1.70. The van der Waals surface area contributed by atoms with Crippen LogP contribution in [0.4, 0.5) is 15.0 Å². The summed E-state index contributed by atoms with van der Waals surface area (Å²) in [6, 6.07) is 2.65. The van der Waals surface area contributed by atoms with E-state index in [4.69, 9.17) is 5.11 Å². The molecule has 1 aromatic heterocycles. The lowest BCUT2D eigenvalue weighted by atomic mass is 10.3. The highest BCUT2D eigenvalue weighted by atomic mass is 19.1. The molecule has 0 radical (unpaired) electrons. The number of aliphatic hydroxyl groups excluding tert-OH is 1. The minimum Gasteiger partial charge on any atom is -0.396 e. The van der Waals surface area contributed by atoms with E-state index in [1.807, 2.05) is 4.90 Å². The van der Waals surface area contributed by atoms with Gasteiger partial charge in [-0.3, -0.25) is 0 Å². The molecular formula is C13H19FN4O2. The van der Waals surface area contributed by atoms with E-state index in [9.17, 15) is 9.18 Å². The molecule has 2 rings (SSSR count). The van der Waals surface area contributed by atoms with Crippen molar-refractivity contribution >= 4 is 11.8 Å². The first-order valence-corrected chi connectivity index (χ1v) is 6.71. The number of amides is 2. The Hall–Kier alpha value is -1.89. The summed E-state index contributed by atoms with van der Waals surface area (Å²) in [4.78, 5) is 17.4. The number of carbonyl (C=O) groups is 1. The van der Waals surface area contributed by atoms with E-state index >= 15 is 0 Å². The Morgan fingerprint density at radius 2 is 2.45 bits per heavy atom. The first-order valence-electron chi connectivity index (χ1n) is 6.71. The van der Waals surface area contributed by atoms with Crippen LogP contribution < -0.4 is 15.5 Å². The second-order valence-corrected chi connectivity index (χ2v) is 4.72. The van der Waals surface area contributed by atoms with Gasteiger partial charge in [0.25, 0.3) is 0 Å². The number of anilines is 1.